The number of benzene rings is 2. The van der Waals surface area contributed by atoms with Gasteiger partial charge in [-0.05, 0) is 36.2 Å². The molecule has 1 atom stereocenters. The van der Waals surface area contributed by atoms with Crippen LogP contribution in [0.25, 0.3) is 0 Å². The van der Waals surface area contributed by atoms with Gasteiger partial charge in [0.1, 0.15) is 16.4 Å². The molecule has 1 fully saturated rings. The molecule has 2 aromatic rings. The van der Waals surface area contributed by atoms with Crippen molar-refractivity contribution in [1.29, 1.82) is 0 Å². The highest BCUT2D eigenvalue weighted by molar-refractivity contribution is 7.94. The highest BCUT2D eigenvalue weighted by Gasteiger charge is 2.42. The topological polar surface area (TPSA) is 119 Å². The number of hydrogen-bond acceptors (Lipinski definition) is 7. The van der Waals surface area contributed by atoms with Crippen molar-refractivity contribution >= 4 is 31.6 Å². The summed E-state index contributed by atoms with van der Waals surface area (Å²) in [6.07, 6.45) is 0.377. The minimum absolute atomic E-state index is 0.0330. The van der Waals surface area contributed by atoms with Gasteiger partial charge in [-0.1, -0.05) is 25.1 Å². The second-order valence-corrected chi connectivity index (χ2v) is 10.7. The molecule has 0 bridgehead atoms. The third-order valence-corrected chi connectivity index (χ3v) is 8.26. The number of nitrogens with one attached hydrogen (secondary N) is 1. The summed E-state index contributed by atoms with van der Waals surface area (Å²) >= 11 is 0. The van der Waals surface area contributed by atoms with E-state index in [2.05, 4.69) is 4.72 Å². The SMILES string of the molecule is COc1ccccc1CCNS(=O)(=O)c1cc(N2C(=O)[C@@H](C)CS2(=O)=O)ccc1OC. The summed E-state index contributed by atoms with van der Waals surface area (Å²) in [6, 6.07) is 11.1. The zero-order valence-electron chi connectivity index (χ0n) is 17.4. The Balaban J connectivity index is 1.88. The maximum atomic E-state index is 13.0. The highest BCUT2D eigenvalue weighted by atomic mass is 32.2. The van der Waals surface area contributed by atoms with Crippen molar-refractivity contribution in [2.45, 2.75) is 18.2 Å². The molecule has 3 rings (SSSR count). The minimum Gasteiger partial charge on any atom is -0.496 e. The van der Waals surface area contributed by atoms with Crippen LogP contribution in [0.5, 0.6) is 11.5 Å². The maximum absolute atomic E-state index is 13.0. The van der Waals surface area contributed by atoms with E-state index < -0.39 is 31.9 Å². The van der Waals surface area contributed by atoms with Crippen molar-refractivity contribution < 1.29 is 31.1 Å². The van der Waals surface area contributed by atoms with Crippen LogP contribution in [0, 0.1) is 5.92 Å². The Bertz CT molecular complexity index is 1190. The summed E-state index contributed by atoms with van der Waals surface area (Å²) in [5, 5.41) is 0. The Labute approximate surface area is 182 Å². The van der Waals surface area contributed by atoms with Gasteiger partial charge in [-0.2, -0.15) is 0 Å². The van der Waals surface area contributed by atoms with Gasteiger partial charge >= 0.3 is 0 Å². The number of para-hydroxylation sites is 1. The molecule has 0 aromatic heterocycles. The van der Waals surface area contributed by atoms with Crippen molar-refractivity contribution in [3.8, 4) is 11.5 Å². The van der Waals surface area contributed by atoms with E-state index in [1.54, 1.807) is 6.07 Å². The first-order valence-corrected chi connectivity index (χ1v) is 12.6. The molecule has 1 heterocycles. The molecule has 168 valence electrons. The molecule has 2 aromatic carbocycles. The molecular formula is C20H24N2O7S2. The quantitative estimate of drug-likeness (QED) is 0.624. The van der Waals surface area contributed by atoms with Gasteiger partial charge in [0.05, 0.1) is 31.6 Å². The van der Waals surface area contributed by atoms with Gasteiger partial charge in [0.25, 0.3) is 0 Å². The lowest BCUT2D eigenvalue weighted by molar-refractivity contribution is -0.119. The molecule has 0 radical (unpaired) electrons. The lowest BCUT2D eigenvalue weighted by Gasteiger charge is -2.18. The molecule has 1 saturated heterocycles. The van der Waals surface area contributed by atoms with E-state index >= 15 is 0 Å². The van der Waals surface area contributed by atoms with Crippen molar-refractivity contribution in [2.75, 3.05) is 30.8 Å². The number of carbonyl (C=O) groups is 1. The van der Waals surface area contributed by atoms with Crippen LogP contribution < -0.4 is 18.5 Å². The van der Waals surface area contributed by atoms with Crippen LogP contribution in [0.1, 0.15) is 12.5 Å². The van der Waals surface area contributed by atoms with Crippen LogP contribution in [0.15, 0.2) is 47.4 Å². The summed E-state index contributed by atoms with van der Waals surface area (Å²) in [7, 11) is -5.08. The average Bonchev–Trinajstić information content (AvgIpc) is 2.94. The molecule has 1 N–H and O–H groups in total. The monoisotopic (exact) mass is 468 g/mol. The van der Waals surface area contributed by atoms with Gasteiger partial charge in [0, 0.05) is 6.54 Å². The fraction of sp³-hybridized carbons (Fsp3) is 0.350. The van der Waals surface area contributed by atoms with Crippen molar-refractivity contribution in [1.82, 2.24) is 4.72 Å². The summed E-state index contributed by atoms with van der Waals surface area (Å²) in [4.78, 5) is 12.1. The van der Waals surface area contributed by atoms with Crippen LogP contribution >= 0.6 is 0 Å². The molecule has 1 aliphatic rings. The second-order valence-electron chi connectivity index (χ2n) is 7.08. The van der Waals surface area contributed by atoms with E-state index in [9.17, 15) is 21.6 Å². The standard InChI is InChI=1S/C20H24N2O7S2/c1-14-13-30(24,25)22(20(14)23)16-8-9-18(29-3)19(12-16)31(26,27)21-11-10-15-6-4-5-7-17(15)28-2/h4-9,12,14,21H,10-11,13H2,1-3H3/t14-/m0/s1. The zero-order chi connectivity index (χ0) is 22.8. The number of ether oxygens (including phenoxy) is 2. The summed E-state index contributed by atoms with van der Waals surface area (Å²) in [5.41, 5.74) is 0.788. The van der Waals surface area contributed by atoms with Crippen LogP contribution in [-0.2, 0) is 31.3 Å². The lowest BCUT2D eigenvalue weighted by atomic mass is 10.1. The smallest absolute Gasteiger partial charge is 0.244 e. The number of sulfonamides is 2. The summed E-state index contributed by atoms with van der Waals surface area (Å²) in [5.74, 6) is -0.945. The fourth-order valence-electron chi connectivity index (χ4n) is 3.40. The Morgan fingerprint density at radius 3 is 2.39 bits per heavy atom. The number of carbonyl (C=O) groups excluding carboxylic acids is 1. The predicted molar refractivity (Wildman–Crippen MR) is 115 cm³/mol. The normalized spacial score (nSPS) is 18.2. The first-order valence-electron chi connectivity index (χ1n) is 9.47. The molecule has 0 unspecified atom stereocenters. The third kappa shape index (κ3) is 4.68. The molecule has 1 aliphatic heterocycles. The van der Waals surface area contributed by atoms with Crippen molar-refractivity contribution in [2.24, 2.45) is 5.92 Å². The molecule has 0 aliphatic carbocycles. The molecule has 11 heteroatoms. The maximum Gasteiger partial charge on any atom is 0.244 e. The Morgan fingerprint density at radius 2 is 1.77 bits per heavy atom. The Hall–Kier alpha value is -2.63. The van der Waals surface area contributed by atoms with Crippen molar-refractivity contribution in [3.63, 3.8) is 0 Å². The second kappa shape index (κ2) is 8.85. The highest BCUT2D eigenvalue weighted by Crippen LogP contribution is 2.33. The van der Waals surface area contributed by atoms with Crippen LogP contribution in [0.2, 0.25) is 0 Å². The zero-order valence-corrected chi connectivity index (χ0v) is 19.0. The summed E-state index contributed by atoms with van der Waals surface area (Å²) < 4.78 is 64.3. The van der Waals surface area contributed by atoms with Gasteiger partial charge in [0.2, 0.25) is 26.0 Å². The van der Waals surface area contributed by atoms with E-state index in [1.165, 1.54) is 33.3 Å². The van der Waals surface area contributed by atoms with E-state index in [-0.39, 0.29) is 28.6 Å². The van der Waals surface area contributed by atoms with Crippen LogP contribution in [0.4, 0.5) is 5.69 Å². The average molecular weight is 469 g/mol. The van der Waals surface area contributed by atoms with E-state index in [1.807, 2.05) is 18.2 Å². The third-order valence-electron chi connectivity index (χ3n) is 4.91. The van der Waals surface area contributed by atoms with E-state index in [0.717, 1.165) is 11.6 Å². The number of anilines is 1. The van der Waals surface area contributed by atoms with Gasteiger partial charge in [-0.3, -0.25) is 4.79 Å². The first kappa shape index (κ1) is 23.0. The predicted octanol–water partition coefficient (Wildman–Crippen LogP) is 1.54. The number of methoxy groups -OCH3 is 2. The fourth-order valence-corrected chi connectivity index (χ4v) is 6.43. The molecule has 0 spiro atoms. The van der Waals surface area contributed by atoms with Crippen LogP contribution in [-0.4, -0.2) is 49.3 Å². The molecule has 31 heavy (non-hydrogen) atoms. The first-order chi connectivity index (χ1) is 14.6. The number of hydrogen-bond donors (Lipinski definition) is 1. The van der Waals surface area contributed by atoms with Gasteiger partial charge in [0.15, 0.2) is 0 Å². The minimum atomic E-state index is -4.06. The lowest BCUT2D eigenvalue weighted by Crippen LogP contribution is -2.31. The van der Waals surface area contributed by atoms with E-state index in [4.69, 9.17) is 9.47 Å². The Morgan fingerprint density at radius 1 is 1.10 bits per heavy atom. The molecule has 9 nitrogen and oxygen atoms in total. The van der Waals surface area contributed by atoms with Crippen molar-refractivity contribution in [3.05, 3.63) is 48.0 Å². The van der Waals surface area contributed by atoms with Gasteiger partial charge in [-0.25, -0.2) is 25.9 Å². The summed E-state index contributed by atoms with van der Waals surface area (Å²) in [6.45, 7) is 1.59. The van der Waals surface area contributed by atoms with Gasteiger partial charge < -0.3 is 9.47 Å². The number of nitrogens with zero attached hydrogens (tertiary/aromatic N) is 1. The van der Waals surface area contributed by atoms with Gasteiger partial charge in [-0.15, -0.1) is 0 Å². The largest absolute Gasteiger partial charge is 0.496 e. The van der Waals surface area contributed by atoms with Crippen LogP contribution in [0.3, 0.4) is 0 Å². The number of rotatable bonds is 8. The molecule has 0 saturated carbocycles. The molecular weight excluding hydrogens is 444 g/mol. The Kier molecular flexibility index (Phi) is 6.58. The van der Waals surface area contributed by atoms with E-state index in [0.29, 0.717) is 16.5 Å². The molecule has 1 amide bonds. The number of amides is 1.